The van der Waals surface area contributed by atoms with Gasteiger partial charge >= 0.3 is 0 Å². The summed E-state index contributed by atoms with van der Waals surface area (Å²) in [4.78, 5) is 14.8. The van der Waals surface area contributed by atoms with Gasteiger partial charge in [0.1, 0.15) is 0 Å². The van der Waals surface area contributed by atoms with Gasteiger partial charge < -0.3 is 19.4 Å². The van der Waals surface area contributed by atoms with Crippen LogP contribution in [0.3, 0.4) is 0 Å². The molecule has 0 fully saturated rings. The van der Waals surface area contributed by atoms with Crippen LogP contribution in [-0.4, -0.2) is 37.0 Å². The number of aromatic hydroxyl groups is 1. The summed E-state index contributed by atoms with van der Waals surface area (Å²) in [6.07, 6.45) is 4.11. The molecule has 2 aromatic heterocycles. The average Bonchev–Trinajstić information content (AvgIpc) is 3.45. The quantitative estimate of drug-likeness (QED) is 0.120. The molecule has 0 spiro atoms. The van der Waals surface area contributed by atoms with Crippen LogP contribution < -0.4 is 10.2 Å². The molecule has 7 nitrogen and oxygen atoms in total. The zero-order valence-corrected chi connectivity index (χ0v) is 25.4. The van der Waals surface area contributed by atoms with E-state index in [9.17, 15) is 15.2 Å². The van der Waals surface area contributed by atoms with Crippen LogP contribution in [0.5, 0.6) is 5.88 Å². The van der Waals surface area contributed by atoms with E-state index in [1.165, 1.54) is 11.3 Å². The Bertz CT molecular complexity index is 1520. The van der Waals surface area contributed by atoms with E-state index in [0.29, 0.717) is 40.0 Å². The van der Waals surface area contributed by atoms with E-state index < -0.39 is 8.32 Å². The van der Waals surface area contributed by atoms with Crippen LogP contribution in [0, 0.1) is 11.5 Å². The molecule has 0 saturated carbocycles. The highest BCUT2D eigenvalue weighted by molar-refractivity contribution is 7.18. The van der Waals surface area contributed by atoms with Gasteiger partial charge in [-0.2, -0.15) is 5.26 Å². The standard InChI is InChI=1S/C29H33ClN4O3SSi/c1-29(2,3)39(4,5)37-16-15-33(19-31)22-11-9-20(10-12-22)17-34-18-21-7-6-8-23(26(21)28(34)36)32-27(35)24-13-14-25(30)38-24/h6-14,18,36H,15-17H2,1-5H3,(H,32,35). The van der Waals surface area contributed by atoms with Gasteiger partial charge in [-0.1, -0.05) is 56.6 Å². The molecule has 0 atom stereocenters. The predicted octanol–water partition coefficient (Wildman–Crippen LogP) is 7.67. The SMILES string of the molecule is CC(C)(C)[Si](C)(C)OCCN(C#N)c1ccc(Cn2cc3cccc(NC(=O)c4ccc(Cl)s4)c3c2O)cc1. The van der Waals surface area contributed by atoms with Crippen LogP contribution >= 0.6 is 22.9 Å². The Labute approximate surface area is 239 Å². The van der Waals surface area contributed by atoms with Crippen LogP contribution in [0.25, 0.3) is 10.8 Å². The van der Waals surface area contributed by atoms with E-state index in [2.05, 4.69) is 45.4 Å². The predicted molar refractivity (Wildman–Crippen MR) is 163 cm³/mol. The molecule has 10 heteroatoms. The minimum atomic E-state index is -1.88. The van der Waals surface area contributed by atoms with Gasteiger partial charge in [-0.25, -0.2) is 0 Å². The number of halogens is 1. The van der Waals surface area contributed by atoms with E-state index in [-0.39, 0.29) is 16.8 Å². The number of hydrogen-bond acceptors (Lipinski definition) is 6. The van der Waals surface area contributed by atoms with Gasteiger partial charge in [0, 0.05) is 11.6 Å². The summed E-state index contributed by atoms with van der Waals surface area (Å²) >= 11 is 7.17. The summed E-state index contributed by atoms with van der Waals surface area (Å²) in [5.74, 6) is -0.213. The molecule has 0 radical (unpaired) electrons. The Hall–Kier alpha value is -3.29. The normalized spacial score (nSPS) is 11.9. The van der Waals surface area contributed by atoms with Crippen molar-refractivity contribution < 1.29 is 14.3 Å². The maximum atomic E-state index is 12.7. The molecule has 0 aliphatic rings. The number of hydrogen-bond donors (Lipinski definition) is 2. The Morgan fingerprint density at radius 1 is 1.18 bits per heavy atom. The van der Waals surface area contributed by atoms with Crippen molar-refractivity contribution in [3.05, 3.63) is 75.6 Å². The number of carbonyl (C=O) groups excluding carboxylic acids is 1. The summed E-state index contributed by atoms with van der Waals surface area (Å²) in [5, 5.41) is 25.1. The number of nitriles is 1. The number of aromatic nitrogens is 1. The lowest BCUT2D eigenvalue weighted by Crippen LogP contribution is -2.42. The molecule has 0 aliphatic carbocycles. The van der Waals surface area contributed by atoms with Gasteiger partial charge in [0.25, 0.3) is 5.91 Å². The zero-order chi connectivity index (χ0) is 28.4. The van der Waals surface area contributed by atoms with E-state index in [1.54, 1.807) is 27.7 Å². The van der Waals surface area contributed by atoms with Crippen molar-refractivity contribution in [1.82, 2.24) is 4.57 Å². The maximum absolute atomic E-state index is 12.7. The number of thiophene rings is 1. The van der Waals surface area contributed by atoms with E-state index >= 15 is 0 Å². The van der Waals surface area contributed by atoms with E-state index in [0.717, 1.165) is 16.6 Å². The van der Waals surface area contributed by atoms with Crippen molar-refractivity contribution in [2.24, 2.45) is 0 Å². The van der Waals surface area contributed by atoms with Crippen molar-refractivity contribution in [1.29, 1.82) is 5.26 Å². The molecule has 0 saturated heterocycles. The third-order valence-electron chi connectivity index (χ3n) is 7.24. The van der Waals surface area contributed by atoms with Gasteiger partial charge in [-0.3, -0.25) is 9.69 Å². The summed E-state index contributed by atoms with van der Waals surface area (Å²) in [6, 6.07) is 16.5. The smallest absolute Gasteiger partial charge is 0.265 e. The molecule has 4 rings (SSSR count). The molecular formula is C29H33ClN4O3SSi. The Morgan fingerprint density at radius 2 is 1.90 bits per heavy atom. The lowest BCUT2D eigenvalue weighted by molar-refractivity contribution is 0.103. The van der Waals surface area contributed by atoms with Crippen molar-refractivity contribution in [2.45, 2.75) is 45.4 Å². The highest BCUT2D eigenvalue weighted by atomic mass is 35.5. The molecule has 0 unspecified atom stereocenters. The Morgan fingerprint density at radius 3 is 2.51 bits per heavy atom. The van der Waals surface area contributed by atoms with Crippen molar-refractivity contribution in [3.8, 4) is 12.1 Å². The van der Waals surface area contributed by atoms with Gasteiger partial charge in [-0.05, 0) is 54.0 Å². The molecule has 204 valence electrons. The molecule has 39 heavy (non-hydrogen) atoms. The molecule has 2 aromatic carbocycles. The number of amides is 1. The topological polar surface area (TPSA) is 90.5 Å². The number of nitrogens with one attached hydrogen (secondary N) is 1. The number of anilines is 2. The summed E-state index contributed by atoms with van der Waals surface area (Å²) < 4.78 is 8.52. The number of carbonyl (C=O) groups is 1. The van der Waals surface area contributed by atoms with Gasteiger partial charge in [0.2, 0.25) is 5.88 Å². The number of fused-ring (bicyclic) bond motifs is 1. The average molecular weight is 581 g/mol. The van der Waals surface area contributed by atoms with Crippen LogP contribution in [0.15, 0.2) is 60.8 Å². The highest BCUT2D eigenvalue weighted by Gasteiger charge is 2.37. The number of benzene rings is 2. The number of rotatable bonds is 9. The fourth-order valence-electron chi connectivity index (χ4n) is 3.97. The monoisotopic (exact) mass is 580 g/mol. The Kier molecular flexibility index (Phi) is 8.42. The first-order valence-electron chi connectivity index (χ1n) is 12.7. The highest BCUT2D eigenvalue weighted by Crippen LogP contribution is 2.37. The summed E-state index contributed by atoms with van der Waals surface area (Å²) in [7, 11) is -1.88. The fourth-order valence-corrected chi connectivity index (χ4v) is 5.94. The second-order valence-corrected chi connectivity index (χ2v) is 17.5. The maximum Gasteiger partial charge on any atom is 0.265 e. The van der Waals surface area contributed by atoms with Crippen LogP contribution in [0.1, 0.15) is 36.0 Å². The lowest BCUT2D eigenvalue weighted by atomic mass is 10.2. The zero-order valence-electron chi connectivity index (χ0n) is 22.8. The first-order valence-corrected chi connectivity index (χ1v) is 16.8. The van der Waals surface area contributed by atoms with Crippen LogP contribution in [0.4, 0.5) is 11.4 Å². The first kappa shape index (κ1) is 28.7. The van der Waals surface area contributed by atoms with Gasteiger partial charge in [-0.15, -0.1) is 11.3 Å². The van der Waals surface area contributed by atoms with E-state index in [1.807, 2.05) is 42.6 Å². The minimum absolute atomic E-state index is 0.0654. The third kappa shape index (κ3) is 6.48. The molecule has 0 bridgehead atoms. The van der Waals surface area contributed by atoms with Crippen LogP contribution in [-0.2, 0) is 11.0 Å². The molecule has 2 N–H and O–H groups in total. The van der Waals surface area contributed by atoms with Crippen LogP contribution in [0.2, 0.25) is 22.5 Å². The summed E-state index contributed by atoms with van der Waals surface area (Å²) in [5.41, 5.74) is 2.28. The summed E-state index contributed by atoms with van der Waals surface area (Å²) in [6.45, 7) is 12.4. The van der Waals surface area contributed by atoms with Gasteiger partial charge in [0.15, 0.2) is 14.5 Å². The largest absolute Gasteiger partial charge is 0.494 e. The fraction of sp³-hybridized carbons (Fsp3) is 0.310. The lowest BCUT2D eigenvalue weighted by Gasteiger charge is -2.36. The molecule has 0 aliphatic heterocycles. The van der Waals surface area contributed by atoms with Crippen molar-refractivity contribution in [3.63, 3.8) is 0 Å². The first-order chi connectivity index (χ1) is 18.4. The molecule has 2 heterocycles. The van der Waals surface area contributed by atoms with Gasteiger partial charge in [0.05, 0.1) is 45.7 Å². The van der Waals surface area contributed by atoms with Crippen molar-refractivity contribution in [2.75, 3.05) is 23.4 Å². The van der Waals surface area contributed by atoms with E-state index in [4.69, 9.17) is 16.0 Å². The van der Waals surface area contributed by atoms with Crippen molar-refractivity contribution >= 4 is 59.3 Å². The molecule has 1 amide bonds. The second kappa shape index (κ2) is 11.4. The molecular weight excluding hydrogens is 548 g/mol. The molecule has 4 aromatic rings. The second-order valence-electron chi connectivity index (χ2n) is 10.9. The third-order valence-corrected chi connectivity index (χ3v) is 13.0. The Balaban J connectivity index is 1.46. The minimum Gasteiger partial charge on any atom is -0.494 e. The number of nitrogens with zero attached hydrogens (tertiary/aromatic N) is 3.